The molecule has 0 radical (unpaired) electrons. The second-order valence-electron chi connectivity index (χ2n) is 6.97. The van der Waals surface area contributed by atoms with Gasteiger partial charge in [-0.3, -0.25) is 14.7 Å². The molecule has 1 fully saturated rings. The van der Waals surface area contributed by atoms with Gasteiger partial charge >= 0.3 is 0 Å². The number of hydrogen-bond acceptors (Lipinski definition) is 5. The zero-order valence-corrected chi connectivity index (χ0v) is 19.3. The van der Waals surface area contributed by atoms with E-state index in [1.54, 1.807) is 0 Å². The Labute approximate surface area is 194 Å². The average Bonchev–Trinajstić information content (AvgIpc) is 3.15. The number of halogens is 2. The molecule has 0 amide bonds. The van der Waals surface area contributed by atoms with Crippen LogP contribution in [0.1, 0.15) is 26.9 Å². The molecule has 1 aromatic heterocycles. The fraction of sp³-hybridized carbons (Fsp3) is 0.217. The first-order chi connectivity index (χ1) is 13.6. The van der Waals surface area contributed by atoms with Crippen molar-refractivity contribution >= 4 is 48.0 Å². The van der Waals surface area contributed by atoms with E-state index in [-0.39, 0.29) is 42.1 Å². The van der Waals surface area contributed by atoms with Gasteiger partial charge in [0.2, 0.25) is 0 Å². The van der Waals surface area contributed by atoms with Gasteiger partial charge in [0.25, 0.3) is 0 Å². The minimum absolute atomic E-state index is 0. The summed E-state index contributed by atoms with van der Waals surface area (Å²) in [5, 5.41) is 0.287. The third-order valence-electron chi connectivity index (χ3n) is 5.21. The molecule has 158 valence electrons. The molecule has 4 nitrogen and oxygen atoms in total. The molecule has 1 aliphatic heterocycles. The first-order valence-corrected chi connectivity index (χ1v) is 10.4. The molecule has 1 aliphatic rings. The van der Waals surface area contributed by atoms with E-state index in [0.29, 0.717) is 11.1 Å². The number of aromatic nitrogens is 1. The molecule has 0 saturated carbocycles. The molecule has 2 atom stereocenters. The van der Waals surface area contributed by atoms with Crippen LogP contribution in [-0.4, -0.2) is 41.7 Å². The molecule has 2 heterocycles. The maximum Gasteiger partial charge on any atom is 0.193 e. The van der Waals surface area contributed by atoms with Crippen LogP contribution >= 0.6 is 36.6 Å². The zero-order chi connectivity index (χ0) is 19.5. The number of rotatable bonds is 5. The topological polar surface area (TPSA) is 36.4 Å². The highest BCUT2D eigenvalue weighted by atomic mass is 35.5. The second kappa shape index (κ2) is 10.8. The lowest BCUT2D eigenvalue weighted by Gasteiger charge is -2.33. The molecule has 1 saturated heterocycles. The van der Waals surface area contributed by atoms with Gasteiger partial charge in [0, 0.05) is 42.0 Å². The predicted molar refractivity (Wildman–Crippen MR) is 130 cm³/mol. The molecule has 2 unspecified atom stereocenters. The molecule has 0 aliphatic carbocycles. The summed E-state index contributed by atoms with van der Waals surface area (Å²) in [6.07, 6.45) is 4.00. The van der Waals surface area contributed by atoms with E-state index in [9.17, 15) is 4.79 Å². The minimum atomic E-state index is 0. The van der Waals surface area contributed by atoms with Gasteiger partial charge in [-0.25, -0.2) is 0 Å². The van der Waals surface area contributed by atoms with Gasteiger partial charge in [-0.15, -0.1) is 36.6 Å². The predicted octanol–water partition coefficient (Wildman–Crippen LogP) is 5.30. The second-order valence-corrected chi connectivity index (χ2v) is 8.09. The third kappa shape index (κ3) is 4.98. The summed E-state index contributed by atoms with van der Waals surface area (Å²) in [5.74, 6) is 1.04. The number of carbonyl (C=O) groups is 1. The minimum Gasteiger partial charge on any atom is -0.358 e. The number of pyridine rings is 1. The van der Waals surface area contributed by atoms with Crippen molar-refractivity contribution in [2.45, 2.75) is 11.5 Å². The molecule has 0 spiro atoms. The van der Waals surface area contributed by atoms with Gasteiger partial charge in [0.05, 0.1) is 11.5 Å². The molecule has 0 bridgehead atoms. The number of ketones is 1. The fourth-order valence-electron chi connectivity index (χ4n) is 3.60. The lowest BCUT2D eigenvalue weighted by molar-refractivity contribution is 0.103. The molecule has 7 heteroatoms. The summed E-state index contributed by atoms with van der Waals surface area (Å²) >= 11 is 1.92. The fourth-order valence-corrected chi connectivity index (χ4v) is 5.12. The standard InChI is InChI=1S/C23H23N3OS.2ClH/c1-25(21-16-28-23(26(21)2)19-11-7-13-24-15-19)20-12-6-10-18(14-20)22(27)17-8-4-3-5-9-17;;/h3-15,21,23H,16H2,1-2H3;2*1H. The maximum atomic E-state index is 12.8. The third-order valence-corrected chi connectivity index (χ3v) is 6.62. The first-order valence-electron chi connectivity index (χ1n) is 9.31. The van der Waals surface area contributed by atoms with Gasteiger partial charge in [0.1, 0.15) is 0 Å². The lowest BCUT2D eigenvalue weighted by atomic mass is 10.0. The van der Waals surface area contributed by atoms with E-state index in [0.717, 1.165) is 11.4 Å². The highest BCUT2D eigenvalue weighted by Crippen LogP contribution is 2.41. The van der Waals surface area contributed by atoms with Crippen molar-refractivity contribution in [3.05, 3.63) is 95.8 Å². The monoisotopic (exact) mass is 461 g/mol. The van der Waals surface area contributed by atoms with E-state index < -0.39 is 0 Å². The molecule has 2 aromatic carbocycles. The Kier molecular flexibility index (Phi) is 8.74. The number of thioether (sulfide) groups is 1. The maximum absolute atomic E-state index is 12.8. The van der Waals surface area contributed by atoms with Gasteiger partial charge < -0.3 is 4.90 Å². The van der Waals surface area contributed by atoms with Gasteiger partial charge in [0.15, 0.2) is 5.78 Å². The van der Waals surface area contributed by atoms with Crippen molar-refractivity contribution in [1.82, 2.24) is 9.88 Å². The van der Waals surface area contributed by atoms with Crippen LogP contribution in [0.5, 0.6) is 0 Å². The van der Waals surface area contributed by atoms with Crippen LogP contribution in [0.15, 0.2) is 79.1 Å². The van der Waals surface area contributed by atoms with Crippen LogP contribution in [0.3, 0.4) is 0 Å². The molecular weight excluding hydrogens is 437 g/mol. The number of carbonyl (C=O) groups excluding carboxylic acids is 1. The molecule has 0 N–H and O–H groups in total. The van der Waals surface area contributed by atoms with E-state index in [2.05, 4.69) is 41.0 Å². The van der Waals surface area contributed by atoms with Crippen LogP contribution in [0.2, 0.25) is 0 Å². The van der Waals surface area contributed by atoms with Crippen molar-refractivity contribution < 1.29 is 4.79 Å². The van der Waals surface area contributed by atoms with Crippen LogP contribution < -0.4 is 4.90 Å². The SMILES string of the molecule is CN(c1cccc(C(=O)c2ccccc2)c1)C1CSC(c2cccnc2)N1C.Cl.Cl. The largest absolute Gasteiger partial charge is 0.358 e. The molecule has 4 rings (SSSR count). The summed E-state index contributed by atoms with van der Waals surface area (Å²) in [6.45, 7) is 0. The molecule has 30 heavy (non-hydrogen) atoms. The summed E-state index contributed by atoms with van der Waals surface area (Å²) in [6, 6.07) is 21.5. The van der Waals surface area contributed by atoms with Gasteiger partial charge in [-0.2, -0.15) is 0 Å². The number of anilines is 1. The normalized spacial score (nSPS) is 18.2. The Morgan fingerprint density at radius 3 is 2.47 bits per heavy atom. The first kappa shape index (κ1) is 24.2. The zero-order valence-electron chi connectivity index (χ0n) is 16.8. The molecular formula is C23H25Cl2N3OS. The van der Waals surface area contributed by atoms with E-state index in [4.69, 9.17) is 0 Å². The highest BCUT2D eigenvalue weighted by molar-refractivity contribution is 7.99. The van der Waals surface area contributed by atoms with Crippen LogP contribution in [0, 0.1) is 0 Å². The summed E-state index contributed by atoms with van der Waals surface area (Å²) < 4.78 is 0. The van der Waals surface area contributed by atoms with Crippen molar-refractivity contribution in [1.29, 1.82) is 0 Å². The Hall–Kier alpha value is -2.05. The highest BCUT2D eigenvalue weighted by Gasteiger charge is 2.35. The summed E-state index contributed by atoms with van der Waals surface area (Å²) in [4.78, 5) is 21.7. The van der Waals surface area contributed by atoms with Crippen molar-refractivity contribution in [2.24, 2.45) is 0 Å². The van der Waals surface area contributed by atoms with E-state index >= 15 is 0 Å². The van der Waals surface area contributed by atoms with Gasteiger partial charge in [-0.05, 0) is 30.8 Å². The van der Waals surface area contributed by atoms with E-state index in [1.165, 1.54) is 5.56 Å². The van der Waals surface area contributed by atoms with Crippen molar-refractivity contribution in [3.8, 4) is 0 Å². The van der Waals surface area contributed by atoms with Gasteiger partial charge in [-0.1, -0.05) is 48.5 Å². The van der Waals surface area contributed by atoms with Crippen molar-refractivity contribution in [2.75, 3.05) is 24.7 Å². The smallest absolute Gasteiger partial charge is 0.193 e. The van der Waals surface area contributed by atoms with Crippen LogP contribution in [0.25, 0.3) is 0 Å². The quantitative estimate of drug-likeness (QED) is 0.482. The Morgan fingerprint density at radius 2 is 1.77 bits per heavy atom. The van der Waals surface area contributed by atoms with Crippen LogP contribution in [0.4, 0.5) is 5.69 Å². The van der Waals surface area contributed by atoms with Crippen molar-refractivity contribution in [3.63, 3.8) is 0 Å². The lowest BCUT2D eigenvalue weighted by Crippen LogP contribution is -2.43. The molecule has 3 aromatic rings. The number of nitrogens with zero attached hydrogens (tertiary/aromatic N) is 3. The Morgan fingerprint density at radius 1 is 1.03 bits per heavy atom. The number of benzene rings is 2. The van der Waals surface area contributed by atoms with E-state index in [1.807, 2.05) is 78.8 Å². The summed E-state index contributed by atoms with van der Waals surface area (Å²) in [5.41, 5.74) is 3.70. The van der Waals surface area contributed by atoms with Crippen LogP contribution in [-0.2, 0) is 0 Å². The summed E-state index contributed by atoms with van der Waals surface area (Å²) in [7, 11) is 4.25. The average molecular weight is 462 g/mol. The Bertz CT molecular complexity index is 959. The number of hydrogen-bond donors (Lipinski definition) is 0. The Balaban J connectivity index is 0.00000160.